The molecule has 0 atom stereocenters. The van der Waals surface area contributed by atoms with Crippen molar-refractivity contribution in [3.8, 4) is 0 Å². The van der Waals surface area contributed by atoms with Gasteiger partial charge >= 0.3 is 7.12 Å². The summed E-state index contributed by atoms with van der Waals surface area (Å²) in [5.74, 6) is 0.958. The maximum absolute atomic E-state index is 9.25. The Labute approximate surface area is 111 Å². The lowest BCUT2D eigenvalue weighted by Crippen LogP contribution is -2.32. The second-order valence-electron chi connectivity index (χ2n) is 3.03. The van der Waals surface area contributed by atoms with Crippen LogP contribution in [0.5, 0.6) is 0 Å². The third kappa shape index (κ3) is 3.78. The maximum atomic E-state index is 9.25. The van der Waals surface area contributed by atoms with E-state index in [2.05, 4.69) is 38.8 Å². The summed E-state index contributed by atoms with van der Waals surface area (Å²) >= 11 is 8.37. The number of hydrogen-bond acceptors (Lipinski definition) is 3. The fourth-order valence-corrected chi connectivity index (χ4v) is 3.67. The molecule has 82 valence electrons. The van der Waals surface area contributed by atoms with Crippen molar-refractivity contribution in [3.63, 3.8) is 0 Å². The minimum absolute atomic E-state index is 0.537. The molecule has 0 unspecified atom stereocenters. The Kier molecular flexibility index (Phi) is 5.70. The van der Waals surface area contributed by atoms with Gasteiger partial charge in [0.25, 0.3) is 0 Å². The van der Waals surface area contributed by atoms with Crippen LogP contribution in [0, 0.1) is 0 Å². The van der Waals surface area contributed by atoms with Gasteiger partial charge in [-0.1, -0.05) is 22.9 Å². The molecular weight excluding hydrogens is 343 g/mol. The van der Waals surface area contributed by atoms with E-state index >= 15 is 0 Å². The van der Waals surface area contributed by atoms with E-state index in [0.717, 1.165) is 26.0 Å². The van der Waals surface area contributed by atoms with Crippen molar-refractivity contribution in [1.82, 2.24) is 0 Å². The Morgan fingerprint density at radius 2 is 2.00 bits per heavy atom. The highest BCUT2D eigenvalue weighted by atomic mass is 79.9. The first-order valence-electron chi connectivity index (χ1n) is 4.54. The van der Waals surface area contributed by atoms with E-state index in [4.69, 9.17) is 0 Å². The molecule has 0 saturated heterocycles. The van der Waals surface area contributed by atoms with Crippen LogP contribution in [-0.2, 0) is 0 Å². The zero-order valence-electron chi connectivity index (χ0n) is 8.20. The zero-order valence-corrected chi connectivity index (χ0v) is 12.2. The molecule has 6 heteroatoms. The first-order valence-corrected chi connectivity index (χ1v) is 7.11. The van der Waals surface area contributed by atoms with Crippen LogP contribution in [0.1, 0.15) is 13.3 Å². The number of thioether (sulfide) groups is 1. The molecule has 0 aromatic heterocycles. The van der Waals surface area contributed by atoms with Crippen molar-refractivity contribution >= 4 is 56.2 Å². The number of hydrogen-bond donors (Lipinski definition) is 2. The lowest BCUT2D eigenvalue weighted by atomic mass is 9.80. The number of halogens is 2. The summed E-state index contributed by atoms with van der Waals surface area (Å²) in [6, 6.07) is 3.64. The van der Waals surface area contributed by atoms with E-state index in [1.807, 2.05) is 6.07 Å². The molecular formula is C9H11BBr2O2S. The monoisotopic (exact) mass is 352 g/mol. The predicted molar refractivity (Wildman–Crippen MR) is 72.7 cm³/mol. The van der Waals surface area contributed by atoms with Crippen LogP contribution in [0.15, 0.2) is 26.0 Å². The van der Waals surface area contributed by atoms with Crippen LogP contribution < -0.4 is 5.46 Å². The second kappa shape index (κ2) is 6.30. The van der Waals surface area contributed by atoms with Crippen molar-refractivity contribution in [2.45, 2.75) is 18.2 Å². The summed E-state index contributed by atoms with van der Waals surface area (Å²) in [5.41, 5.74) is 0.537. The van der Waals surface area contributed by atoms with Crippen LogP contribution in [0.2, 0.25) is 0 Å². The van der Waals surface area contributed by atoms with Crippen molar-refractivity contribution in [2.24, 2.45) is 0 Å². The minimum atomic E-state index is -1.43. The van der Waals surface area contributed by atoms with Crippen LogP contribution >= 0.6 is 43.6 Å². The summed E-state index contributed by atoms with van der Waals surface area (Å²) in [7, 11) is -1.43. The lowest BCUT2D eigenvalue weighted by molar-refractivity contribution is 0.425. The molecule has 0 amide bonds. The van der Waals surface area contributed by atoms with Crippen LogP contribution in [0.4, 0.5) is 0 Å². The van der Waals surface area contributed by atoms with Gasteiger partial charge in [0.05, 0.1) is 0 Å². The molecule has 2 N–H and O–H groups in total. The van der Waals surface area contributed by atoms with Crippen molar-refractivity contribution in [1.29, 1.82) is 0 Å². The second-order valence-corrected chi connectivity index (χ2v) is 5.90. The van der Waals surface area contributed by atoms with Crippen molar-refractivity contribution in [2.75, 3.05) is 5.75 Å². The van der Waals surface area contributed by atoms with Crippen LogP contribution in [0.25, 0.3) is 0 Å². The summed E-state index contributed by atoms with van der Waals surface area (Å²) < 4.78 is 1.72. The Morgan fingerprint density at radius 3 is 2.53 bits per heavy atom. The Bertz CT molecular complexity index is 347. The molecule has 0 aliphatic rings. The van der Waals surface area contributed by atoms with E-state index < -0.39 is 7.12 Å². The molecule has 15 heavy (non-hydrogen) atoms. The standard InChI is InChI=1S/C9H11BBr2O2S/c1-2-3-15-9-7(10(13)14)4-6(11)5-8(9)12/h4-5,13-14H,2-3H2,1H3. The first-order chi connectivity index (χ1) is 7.06. The molecule has 1 rings (SSSR count). The van der Waals surface area contributed by atoms with Crippen molar-refractivity contribution in [3.05, 3.63) is 21.1 Å². The van der Waals surface area contributed by atoms with Gasteiger partial charge in [-0.25, -0.2) is 0 Å². The van der Waals surface area contributed by atoms with Gasteiger partial charge in [0.1, 0.15) is 0 Å². The molecule has 0 fully saturated rings. The third-order valence-corrected chi connectivity index (χ3v) is 4.47. The molecule has 0 aliphatic heterocycles. The normalized spacial score (nSPS) is 10.5. The molecule has 1 aromatic carbocycles. The van der Waals surface area contributed by atoms with E-state index in [1.54, 1.807) is 17.8 Å². The average Bonchev–Trinajstić information content (AvgIpc) is 2.15. The van der Waals surface area contributed by atoms with Crippen LogP contribution in [-0.4, -0.2) is 22.9 Å². The molecule has 0 aliphatic carbocycles. The topological polar surface area (TPSA) is 40.5 Å². The van der Waals surface area contributed by atoms with Gasteiger partial charge < -0.3 is 10.0 Å². The third-order valence-electron chi connectivity index (χ3n) is 1.77. The van der Waals surface area contributed by atoms with E-state index in [1.165, 1.54) is 0 Å². The van der Waals surface area contributed by atoms with Crippen LogP contribution in [0.3, 0.4) is 0 Å². The molecule has 2 nitrogen and oxygen atoms in total. The molecule has 0 radical (unpaired) electrons. The largest absolute Gasteiger partial charge is 0.489 e. The van der Waals surface area contributed by atoms with E-state index in [-0.39, 0.29) is 0 Å². The maximum Gasteiger partial charge on any atom is 0.489 e. The van der Waals surface area contributed by atoms with Gasteiger partial charge in [-0.2, -0.15) is 0 Å². The van der Waals surface area contributed by atoms with E-state index in [9.17, 15) is 10.0 Å². The highest BCUT2D eigenvalue weighted by Gasteiger charge is 2.19. The zero-order chi connectivity index (χ0) is 11.4. The first kappa shape index (κ1) is 13.6. The van der Waals surface area contributed by atoms with Gasteiger partial charge in [-0.05, 0) is 45.7 Å². The van der Waals surface area contributed by atoms with Gasteiger partial charge in [0.15, 0.2) is 0 Å². The quantitative estimate of drug-likeness (QED) is 0.645. The summed E-state index contributed by atoms with van der Waals surface area (Å²) in [4.78, 5) is 0.898. The fraction of sp³-hybridized carbons (Fsp3) is 0.333. The number of rotatable bonds is 4. The summed E-state index contributed by atoms with van der Waals surface area (Å²) in [6.07, 6.45) is 1.05. The lowest BCUT2D eigenvalue weighted by Gasteiger charge is -2.11. The Morgan fingerprint density at radius 1 is 1.33 bits per heavy atom. The Hall–Kier alpha value is 0.515. The molecule has 0 saturated carbocycles. The molecule has 0 spiro atoms. The van der Waals surface area contributed by atoms with Gasteiger partial charge in [0.2, 0.25) is 0 Å². The van der Waals surface area contributed by atoms with E-state index in [0.29, 0.717) is 5.46 Å². The van der Waals surface area contributed by atoms with Crippen molar-refractivity contribution < 1.29 is 10.0 Å². The molecule has 0 heterocycles. The molecule has 0 bridgehead atoms. The highest BCUT2D eigenvalue weighted by Crippen LogP contribution is 2.29. The predicted octanol–water partition coefficient (Wildman–Crippen LogP) is 2.39. The number of benzene rings is 1. The van der Waals surface area contributed by atoms with Gasteiger partial charge in [0, 0.05) is 13.8 Å². The highest BCUT2D eigenvalue weighted by molar-refractivity contribution is 9.11. The summed E-state index contributed by atoms with van der Waals surface area (Å²) in [6.45, 7) is 2.09. The average molecular weight is 354 g/mol. The minimum Gasteiger partial charge on any atom is -0.423 e. The Balaban J connectivity index is 3.09. The smallest absolute Gasteiger partial charge is 0.423 e. The summed E-state index contributed by atoms with van der Waals surface area (Å²) in [5, 5.41) is 18.5. The van der Waals surface area contributed by atoms with Gasteiger partial charge in [-0.15, -0.1) is 11.8 Å². The molecule has 1 aromatic rings. The van der Waals surface area contributed by atoms with Gasteiger partial charge in [-0.3, -0.25) is 0 Å². The fourth-order valence-electron chi connectivity index (χ4n) is 1.13. The SMILES string of the molecule is CCCSc1c(Br)cc(Br)cc1B(O)O.